The number of hydrogen-bond acceptors (Lipinski definition) is 4. The van der Waals surface area contributed by atoms with Gasteiger partial charge in [0.2, 0.25) is 0 Å². The minimum atomic E-state index is -0.987. The molecule has 0 heterocycles. The van der Waals surface area contributed by atoms with Crippen LogP contribution in [-0.2, 0) is 11.2 Å². The first-order valence-corrected chi connectivity index (χ1v) is 6.96. The van der Waals surface area contributed by atoms with Crippen molar-refractivity contribution in [3.63, 3.8) is 0 Å². The van der Waals surface area contributed by atoms with Gasteiger partial charge in [0.05, 0.1) is 16.9 Å². The van der Waals surface area contributed by atoms with E-state index in [1.807, 2.05) is 30.3 Å². The van der Waals surface area contributed by atoms with Gasteiger partial charge in [0.25, 0.3) is 5.69 Å². The Morgan fingerprint density at radius 3 is 2.23 bits per heavy atom. The Hall–Kier alpha value is -2.53. The fourth-order valence-corrected chi connectivity index (χ4v) is 2.37. The van der Waals surface area contributed by atoms with Crippen LogP contribution < -0.4 is 0 Å². The maximum atomic E-state index is 11.9. The van der Waals surface area contributed by atoms with Gasteiger partial charge >= 0.3 is 0 Å². The number of aliphatic hydroxyl groups excluding tert-OH is 1. The maximum absolute atomic E-state index is 11.9. The number of nitro groups is 1. The van der Waals surface area contributed by atoms with Gasteiger partial charge in [-0.05, 0) is 36.6 Å². The van der Waals surface area contributed by atoms with Crippen LogP contribution in [0.25, 0.3) is 0 Å². The molecule has 22 heavy (non-hydrogen) atoms. The monoisotopic (exact) mass is 299 g/mol. The molecule has 0 saturated heterocycles. The molecule has 0 spiro atoms. The van der Waals surface area contributed by atoms with Crippen molar-refractivity contribution in [3.8, 4) is 0 Å². The summed E-state index contributed by atoms with van der Waals surface area (Å²) < 4.78 is 0. The third kappa shape index (κ3) is 3.77. The predicted octanol–water partition coefficient (Wildman–Crippen LogP) is 3.08. The van der Waals surface area contributed by atoms with Gasteiger partial charge in [0.15, 0.2) is 0 Å². The summed E-state index contributed by atoms with van der Waals surface area (Å²) in [5.74, 6) is -0.696. The van der Waals surface area contributed by atoms with E-state index in [9.17, 15) is 20.0 Å². The molecule has 2 unspecified atom stereocenters. The van der Waals surface area contributed by atoms with Gasteiger partial charge in [0, 0.05) is 12.1 Å². The highest BCUT2D eigenvalue weighted by Crippen LogP contribution is 2.27. The van der Waals surface area contributed by atoms with Crippen LogP contribution in [0.5, 0.6) is 0 Å². The fraction of sp³-hybridized carbons (Fsp3) is 0.235. The molecule has 2 rings (SSSR count). The van der Waals surface area contributed by atoms with Gasteiger partial charge in [0.1, 0.15) is 5.78 Å². The number of rotatable bonds is 6. The van der Waals surface area contributed by atoms with E-state index in [1.54, 1.807) is 0 Å². The topological polar surface area (TPSA) is 80.4 Å². The van der Waals surface area contributed by atoms with Crippen LogP contribution in [0.2, 0.25) is 0 Å². The third-order valence-electron chi connectivity index (χ3n) is 3.65. The molecule has 0 amide bonds. The normalized spacial score (nSPS) is 13.4. The molecular formula is C17H17NO4. The lowest BCUT2D eigenvalue weighted by atomic mass is 9.87. The number of hydrogen-bond donors (Lipinski definition) is 1. The first-order chi connectivity index (χ1) is 10.5. The summed E-state index contributed by atoms with van der Waals surface area (Å²) >= 11 is 0. The number of benzene rings is 2. The van der Waals surface area contributed by atoms with Crippen molar-refractivity contribution < 1.29 is 14.8 Å². The van der Waals surface area contributed by atoms with Crippen LogP contribution in [0.1, 0.15) is 24.2 Å². The Bertz CT molecular complexity index is 652. The molecule has 0 saturated carbocycles. The summed E-state index contributed by atoms with van der Waals surface area (Å²) in [6.45, 7) is 1.45. The summed E-state index contributed by atoms with van der Waals surface area (Å²) in [6.07, 6.45) is -0.563. The van der Waals surface area contributed by atoms with Gasteiger partial charge in [-0.15, -0.1) is 0 Å². The summed E-state index contributed by atoms with van der Waals surface area (Å²) in [5.41, 5.74) is 1.42. The van der Waals surface area contributed by atoms with Crippen LogP contribution in [0.4, 0.5) is 5.69 Å². The zero-order valence-corrected chi connectivity index (χ0v) is 12.2. The highest BCUT2D eigenvalue weighted by Gasteiger charge is 2.25. The first kappa shape index (κ1) is 15.9. The molecule has 0 aromatic heterocycles. The van der Waals surface area contributed by atoms with Gasteiger partial charge < -0.3 is 5.11 Å². The van der Waals surface area contributed by atoms with E-state index in [0.29, 0.717) is 12.0 Å². The summed E-state index contributed by atoms with van der Waals surface area (Å²) in [6, 6.07) is 15.1. The lowest BCUT2D eigenvalue weighted by Gasteiger charge is -2.21. The summed E-state index contributed by atoms with van der Waals surface area (Å²) in [7, 11) is 0. The quantitative estimate of drug-likeness (QED) is 0.656. The van der Waals surface area contributed by atoms with Crippen molar-refractivity contribution in [1.29, 1.82) is 0 Å². The molecule has 5 heteroatoms. The second-order valence-electron chi connectivity index (χ2n) is 5.20. The Kier molecular flexibility index (Phi) is 5.01. The standard InChI is InChI=1S/C17H17NO4/c1-12(19)16(11-13-5-3-2-4-6-13)17(20)14-7-9-15(10-8-14)18(21)22/h2-10,16-17,20H,11H2,1H3. The second kappa shape index (κ2) is 6.95. The van der Waals surface area contributed by atoms with Gasteiger partial charge in [-0.3, -0.25) is 14.9 Å². The number of nitro benzene ring substituents is 1. The van der Waals surface area contributed by atoms with Gasteiger partial charge in [-0.1, -0.05) is 30.3 Å². The van der Waals surface area contributed by atoms with Crippen molar-refractivity contribution >= 4 is 11.5 Å². The Morgan fingerprint density at radius 2 is 1.73 bits per heavy atom. The van der Waals surface area contributed by atoms with E-state index in [0.717, 1.165) is 5.56 Å². The van der Waals surface area contributed by atoms with Crippen molar-refractivity contribution in [1.82, 2.24) is 0 Å². The molecule has 0 aliphatic heterocycles. The molecule has 0 bridgehead atoms. The highest BCUT2D eigenvalue weighted by molar-refractivity contribution is 5.79. The van der Waals surface area contributed by atoms with E-state index in [-0.39, 0.29) is 11.5 Å². The van der Waals surface area contributed by atoms with Crippen LogP contribution in [0.15, 0.2) is 54.6 Å². The van der Waals surface area contributed by atoms with Crippen molar-refractivity contribution in [2.75, 3.05) is 0 Å². The minimum absolute atomic E-state index is 0.0432. The van der Waals surface area contributed by atoms with E-state index in [1.165, 1.54) is 31.2 Å². The van der Waals surface area contributed by atoms with E-state index >= 15 is 0 Å². The molecule has 0 aliphatic rings. The molecule has 2 aromatic carbocycles. The maximum Gasteiger partial charge on any atom is 0.269 e. The molecule has 2 aromatic rings. The highest BCUT2D eigenvalue weighted by atomic mass is 16.6. The fourth-order valence-electron chi connectivity index (χ4n) is 2.37. The SMILES string of the molecule is CC(=O)C(Cc1ccccc1)C(O)c1ccc([N+](=O)[O-])cc1. The van der Waals surface area contributed by atoms with Crippen molar-refractivity contribution in [3.05, 3.63) is 75.8 Å². The molecule has 2 atom stereocenters. The molecule has 0 radical (unpaired) electrons. The van der Waals surface area contributed by atoms with Gasteiger partial charge in [-0.25, -0.2) is 0 Å². The molecule has 5 nitrogen and oxygen atoms in total. The van der Waals surface area contributed by atoms with E-state index < -0.39 is 16.9 Å². The predicted molar refractivity (Wildman–Crippen MR) is 82.4 cm³/mol. The van der Waals surface area contributed by atoms with Crippen LogP contribution in [0.3, 0.4) is 0 Å². The summed E-state index contributed by atoms with van der Waals surface area (Å²) in [5, 5.41) is 21.1. The van der Waals surface area contributed by atoms with Crippen molar-refractivity contribution in [2.24, 2.45) is 5.92 Å². The Morgan fingerprint density at radius 1 is 1.14 bits per heavy atom. The Balaban J connectivity index is 2.20. The zero-order valence-electron chi connectivity index (χ0n) is 12.2. The number of Topliss-reactive ketones (excluding diaryl/α,β-unsaturated/α-hetero) is 1. The lowest BCUT2D eigenvalue weighted by molar-refractivity contribution is -0.384. The van der Waals surface area contributed by atoms with Gasteiger partial charge in [-0.2, -0.15) is 0 Å². The minimum Gasteiger partial charge on any atom is -0.388 e. The zero-order chi connectivity index (χ0) is 16.1. The molecule has 114 valence electrons. The molecule has 0 aliphatic carbocycles. The number of carbonyl (C=O) groups excluding carboxylic acids is 1. The number of nitrogens with zero attached hydrogens (tertiary/aromatic N) is 1. The number of ketones is 1. The first-order valence-electron chi connectivity index (χ1n) is 6.96. The second-order valence-corrected chi connectivity index (χ2v) is 5.20. The largest absolute Gasteiger partial charge is 0.388 e. The van der Waals surface area contributed by atoms with E-state index in [4.69, 9.17) is 0 Å². The Labute approximate surface area is 128 Å². The van der Waals surface area contributed by atoms with E-state index in [2.05, 4.69) is 0 Å². The number of aliphatic hydroxyl groups is 1. The van der Waals surface area contributed by atoms with Crippen LogP contribution in [0, 0.1) is 16.0 Å². The average molecular weight is 299 g/mol. The van der Waals surface area contributed by atoms with Crippen LogP contribution >= 0.6 is 0 Å². The number of carbonyl (C=O) groups is 1. The molecule has 1 N–H and O–H groups in total. The number of non-ortho nitro benzene ring substituents is 1. The van der Waals surface area contributed by atoms with Crippen molar-refractivity contribution in [2.45, 2.75) is 19.4 Å². The molecular weight excluding hydrogens is 282 g/mol. The summed E-state index contributed by atoms with van der Waals surface area (Å²) in [4.78, 5) is 22.0. The lowest BCUT2D eigenvalue weighted by Crippen LogP contribution is -2.22. The smallest absolute Gasteiger partial charge is 0.269 e. The third-order valence-corrected chi connectivity index (χ3v) is 3.65. The molecule has 0 fully saturated rings. The van der Waals surface area contributed by atoms with Crippen LogP contribution in [-0.4, -0.2) is 15.8 Å². The average Bonchev–Trinajstić information content (AvgIpc) is 2.53.